The molecule has 0 heterocycles. The lowest BCUT2D eigenvalue weighted by atomic mass is 10.1. The fourth-order valence-corrected chi connectivity index (χ4v) is 1.93. The van der Waals surface area contributed by atoms with Crippen molar-refractivity contribution in [3.63, 3.8) is 0 Å². The van der Waals surface area contributed by atoms with Crippen LogP contribution in [0.5, 0.6) is 0 Å². The third kappa shape index (κ3) is 5.93. The van der Waals surface area contributed by atoms with Crippen molar-refractivity contribution in [2.45, 2.75) is 38.2 Å². The highest BCUT2D eigenvalue weighted by atomic mass is 19.3. The largest absolute Gasteiger partial charge is 0.393 e. The summed E-state index contributed by atoms with van der Waals surface area (Å²) in [6.45, 7) is -0.174. The summed E-state index contributed by atoms with van der Waals surface area (Å²) >= 11 is 0. The number of carbonyl (C=O) groups is 1. The number of alkyl halides is 2. The Kier molecular flexibility index (Phi) is 6.36. The summed E-state index contributed by atoms with van der Waals surface area (Å²) in [5, 5.41) is 12.2. The van der Waals surface area contributed by atoms with Crippen LogP contribution >= 0.6 is 0 Å². The Labute approximate surface area is 99.3 Å². The maximum atomic E-state index is 11.7. The van der Waals surface area contributed by atoms with Gasteiger partial charge >= 0.3 is 0 Å². The highest BCUT2D eigenvalue weighted by molar-refractivity contribution is 5.75. The van der Waals surface area contributed by atoms with E-state index in [2.05, 4.69) is 10.1 Å². The first kappa shape index (κ1) is 14.3. The lowest BCUT2D eigenvalue weighted by Crippen LogP contribution is -2.33. The molecule has 6 heteroatoms. The van der Waals surface area contributed by atoms with Gasteiger partial charge in [-0.2, -0.15) is 0 Å². The van der Waals surface area contributed by atoms with Gasteiger partial charge in [-0.05, 0) is 12.8 Å². The Morgan fingerprint density at radius 2 is 2.24 bits per heavy atom. The zero-order valence-electron chi connectivity index (χ0n) is 9.70. The fraction of sp³-hybridized carbons (Fsp3) is 0.909. The maximum absolute atomic E-state index is 11.7. The van der Waals surface area contributed by atoms with Crippen LogP contribution in [0, 0.1) is 5.92 Å². The van der Waals surface area contributed by atoms with Crippen molar-refractivity contribution < 1.29 is 23.4 Å². The number of rotatable bonds is 7. The molecule has 4 nitrogen and oxygen atoms in total. The van der Waals surface area contributed by atoms with Gasteiger partial charge < -0.3 is 15.2 Å². The van der Waals surface area contributed by atoms with Gasteiger partial charge in [-0.25, -0.2) is 8.78 Å². The molecule has 0 aromatic heterocycles. The van der Waals surface area contributed by atoms with Crippen LogP contribution in [0.3, 0.4) is 0 Å². The van der Waals surface area contributed by atoms with Crippen molar-refractivity contribution in [3.05, 3.63) is 0 Å². The number of halogens is 2. The molecule has 0 aliphatic heterocycles. The van der Waals surface area contributed by atoms with E-state index in [0.29, 0.717) is 6.54 Å². The van der Waals surface area contributed by atoms with Crippen molar-refractivity contribution in [2.24, 2.45) is 5.92 Å². The molecule has 2 atom stereocenters. The van der Waals surface area contributed by atoms with Gasteiger partial charge in [0.2, 0.25) is 5.91 Å². The Morgan fingerprint density at radius 3 is 2.82 bits per heavy atom. The minimum atomic E-state index is -2.49. The highest BCUT2D eigenvalue weighted by Crippen LogP contribution is 2.24. The molecule has 1 amide bonds. The van der Waals surface area contributed by atoms with Crippen LogP contribution < -0.4 is 5.32 Å². The first-order valence-corrected chi connectivity index (χ1v) is 5.90. The van der Waals surface area contributed by atoms with Gasteiger partial charge in [0.1, 0.15) is 6.61 Å². The lowest BCUT2D eigenvalue weighted by Gasteiger charge is -2.14. The molecule has 1 aliphatic carbocycles. The molecule has 0 radical (unpaired) electrons. The Hall–Kier alpha value is -0.750. The summed E-state index contributed by atoms with van der Waals surface area (Å²) in [5.41, 5.74) is 0. The standard InChI is InChI=1S/C11H19F2NO3/c12-10(13)7-17-5-4-11(16)14-6-8-2-1-3-9(8)15/h8-10,15H,1-7H2,(H,14,16). The van der Waals surface area contributed by atoms with Crippen LogP contribution in [0.4, 0.5) is 8.78 Å². The third-order valence-electron chi connectivity index (χ3n) is 2.90. The second-order valence-corrected chi connectivity index (χ2v) is 4.28. The first-order valence-electron chi connectivity index (χ1n) is 5.90. The van der Waals surface area contributed by atoms with Crippen LogP contribution in [-0.2, 0) is 9.53 Å². The Morgan fingerprint density at radius 1 is 1.47 bits per heavy atom. The monoisotopic (exact) mass is 251 g/mol. The number of hydrogen-bond acceptors (Lipinski definition) is 3. The van der Waals surface area contributed by atoms with E-state index in [1.54, 1.807) is 0 Å². The SMILES string of the molecule is O=C(CCOCC(F)F)NCC1CCCC1O. The highest BCUT2D eigenvalue weighted by Gasteiger charge is 2.25. The molecular formula is C11H19F2NO3. The zero-order chi connectivity index (χ0) is 12.7. The number of ether oxygens (including phenoxy) is 1. The van der Waals surface area contributed by atoms with E-state index in [-0.39, 0.29) is 31.0 Å². The fourth-order valence-electron chi connectivity index (χ4n) is 1.93. The molecule has 1 fully saturated rings. The van der Waals surface area contributed by atoms with E-state index in [1.807, 2.05) is 0 Å². The molecule has 0 bridgehead atoms. The number of aliphatic hydroxyl groups is 1. The molecule has 0 saturated heterocycles. The maximum Gasteiger partial charge on any atom is 0.261 e. The Balaban J connectivity index is 2.01. The number of amides is 1. The van der Waals surface area contributed by atoms with Gasteiger partial charge in [-0.1, -0.05) is 6.42 Å². The van der Waals surface area contributed by atoms with Crippen molar-refractivity contribution >= 4 is 5.91 Å². The van der Waals surface area contributed by atoms with E-state index in [0.717, 1.165) is 19.3 Å². The summed E-state index contributed by atoms with van der Waals surface area (Å²) in [7, 11) is 0. The predicted octanol–water partition coefficient (Wildman–Crippen LogP) is 0.935. The van der Waals surface area contributed by atoms with Crippen LogP contribution in [0.2, 0.25) is 0 Å². The molecule has 0 spiro atoms. The predicted molar refractivity (Wildman–Crippen MR) is 57.8 cm³/mol. The molecule has 0 aromatic rings. The average molecular weight is 251 g/mol. The topological polar surface area (TPSA) is 58.6 Å². The van der Waals surface area contributed by atoms with Gasteiger partial charge in [-0.15, -0.1) is 0 Å². The smallest absolute Gasteiger partial charge is 0.261 e. The van der Waals surface area contributed by atoms with Crippen molar-refractivity contribution in [3.8, 4) is 0 Å². The quantitative estimate of drug-likeness (QED) is 0.662. The molecule has 17 heavy (non-hydrogen) atoms. The molecule has 100 valence electrons. The molecule has 2 unspecified atom stereocenters. The van der Waals surface area contributed by atoms with Crippen LogP contribution in [0.15, 0.2) is 0 Å². The van der Waals surface area contributed by atoms with Gasteiger partial charge in [-0.3, -0.25) is 4.79 Å². The number of aliphatic hydroxyl groups excluding tert-OH is 1. The molecule has 1 aliphatic rings. The number of carbonyl (C=O) groups excluding carboxylic acids is 1. The van der Waals surface area contributed by atoms with E-state index >= 15 is 0 Å². The van der Waals surface area contributed by atoms with Crippen molar-refractivity contribution in [1.82, 2.24) is 5.32 Å². The van der Waals surface area contributed by atoms with Crippen LogP contribution in [0.25, 0.3) is 0 Å². The van der Waals surface area contributed by atoms with Crippen LogP contribution in [0.1, 0.15) is 25.7 Å². The Bertz CT molecular complexity index is 239. The second-order valence-electron chi connectivity index (χ2n) is 4.28. The van der Waals surface area contributed by atoms with E-state index in [1.165, 1.54) is 0 Å². The van der Waals surface area contributed by atoms with E-state index < -0.39 is 13.0 Å². The van der Waals surface area contributed by atoms with E-state index in [4.69, 9.17) is 0 Å². The van der Waals surface area contributed by atoms with Gasteiger partial charge in [0.15, 0.2) is 0 Å². The zero-order valence-corrected chi connectivity index (χ0v) is 9.70. The lowest BCUT2D eigenvalue weighted by molar-refractivity contribution is -0.122. The number of hydrogen-bond donors (Lipinski definition) is 2. The average Bonchev–Trinajstić information content (AvgIpc) is 2.67. The summed E-state index contributed by atoms with van der Waals surface area (Å²) in [6.07, 6.45) is -0.0482. The summed E-state index contributed by atoms with van der Waals surface area (Å²) < 4.78 is 28.0. The second kappa shape index (κ2) is 7.55. The third-order valence-corrected chi connectivity index (χ3v) is 2.90. The van der Waals surface area contributed by atoms with Gasteiger partial charge in [0.25, 0.3) is 6.43 Å². The van der Waals surface area contributed by atoms with Gasteiger partial charge in [0.05, 0.1) is 12.7 Å². The minimum Gasteiger partial charge on any atom is -0.393 e. The van der Waals surface area contributed by atoms with Crippen LogP contribution in [-0.4, -0.2) is 43.3 Å². The number of nitrogens with one attached hydrogen (secondary N) is 1. The molecule has 1 rings (SSSR count). The van der Waals surface area contributed by atoms with Gasteiger partial charge in [0, 0.05) is 18.9 Å². The molecule has 2 N–H and O–H groups in total. The van der Waals surface area contributed by atoms with Crippen molar-refractivity contribution in [2.75, 3.05) is 19.8 Å². The molecule has 1 saturated carbocycles. The minimum absolute atomic E-state index is 0.00337. The summed E-state index contributed by atoms with van der Waals surface area (Å²) in [6, 6.07) is 0. The first-order chi connectivity index (χ1) is 8.09. The molecular weight excluding hydrogens is 232 g/mol. The molecule has 0 aromatic carbocycles. The summed E-state index contributed by atoms with van der Waals surface area (Å²) in [4.78, 5) is 11.3. The van der Waals surface area contributed by atoms with Crippen molar-refractivity contribution in [1.29, 1.82) is 0 Å². The summed E-state index contributed by atoms with van der Waals surface area (Å²) in [5.74, 6) is -0.0979. The normalized spacial score (nSPS) is 24.2. The van der Waals surface area contributed by atoms with E-state index in [9.17, 15) is 18.7 Å².